The lowest BCUT2D eigenvalue weighted by atomic mass is 10.2. The molecule has 0 unspecified atom stereocenters. The van der Waals surface area contributed by atoms with E-state index in [-0.39, 0.29) is 11.4 Å². The maximum Gasteiger partial charge on any atom is 0.269 e. The van der Waals surface area contributed by atoms with Crippen LogP contribution in [0.2, 0.25) is 0 Å². The Balaban J connectivity index is 1.81. The molecule has 9 nitrogen and oxygen atoms in total. The normalized spacial score (nSPS) is 11.9. The molecule has 0 atom stereocenters. The number of rotatable bonds is 5. The maximum atomic E-state index is 10.8. The largest absolute Gasteiger partial charge is 0.508 e. The molecule has 1 aromatic heterocycles. The Morgan fingerprint density at radius 2 is 1.85 bits per heavy atom. The minimum atomic E-state index is -0.452. The smallest absolute Gasteiger partial charge is 0.269 e. The average Bonchev–Trinajstić information content (AvgIpc) is 3.05. The predicted octanol–water partition coefficient (Wildman–Crippen LogP) is 3.03. The first kappa shape index (κ1) is 17.9. The summed E-state index contributed by atoms with van der Waals surface area (Å²) in [5.74, 6) is 0.185. The Morgan fingerprint density at radius 3 is 2.48 bits per heavy atom. The van der Waals surface area contributed by atoms with E-state index in [1.54, 1.807) is 54.2 Å². The molecule has 0 bridgehead atoms. The van der Waals surface area contributed by atoms with E-state index in [1.165, 1.54) is 12.1 Å². The zero-order valence-corrected chi connectivity index (χ0v) is 14.6. The van der Waals surface area contributed by atoms with E-state index in [2.05, 4.69) is 20.5 Å². The summed E-state index contributed by atoms with van der Waals surface area (Å²) in [5, 5.41) is 36.4. The minimum absolute atomic E-state index is 0.0121. The molecule has 136 valence electrons. The fraction of sp³-hybridized carbons (Fsp3) is 0.111. The van der Waals surface area contributed by atoms with Gasteiger partial charge in [-0.15, -0.1) is 5.10 Å². The van der Waals surface area contributed by atoms with Crippen LogP contribution < -0.4 is 0 Å². The lowest BCUT2D eigenvalue weighted by Gasteiger charge is -2.03. The van der Waals surface area contributed by atoms with Gasteiger partial charge in [-0.1, -0.05) is 5.21 Å². The lowest BCUT2D eigenvalue weighted by molar-refractivity contribution is -0.384. The third kappa shape index (κ3) is 4.03. The second-order valence-electron chi connectivity index (χ2n) is 5.73. The summed E-state index contributed by atoms with van der Waals surface area (Å²) >= 11 is 0. The summed E-state index contributed by atoms with van der Waals surface area (Å²) in [6, 6.07) is 12.6. The molecule has 0 saturated heterocycles. The maximum absolute atomic E-state index is 10.8. The van der Waals surface area contributed by atoms with E-state index in [1.807, 2.05) is 6.92 Å². The van der Waals surface area contributed by atoms with Crippen molar-refractivity contribution >= 4 is 17.6 Å². The van der Waals surface area contributed by atoms with Gasteiger partial charge in [-0.2, -0.15) is 10.2 Å². The van der Waals surface area contributed by atoms with Gasteiger partial charge in [0.1, 0.15) is 11.4 Å². The van der Waals surface area contributed by atoms with Gasteiger partial charge < -0.3 is 5.11 Å². The van der Waals surface area contributed by atoms with Gasteiger partial charge in [0.15, 0.2) is 0 Å². The molecule has 0 aliphatic heterocycles. The number of benzene rings is 2. The molecule has 0 spiro atoms. The molecule has 9 heteroatoms. The first-order valence-corrected chi connectivity index (χ1v) is 8.00. The Kier molecular flexibility index (Phi) is 5.02. The monoisotopic (exact) mass is 364 g/mol. The van der Waals surface area contributed by atoms with Gasteiger partial charge in [0.05, 0.1) is 28.2 Å². The van der Waals surface area contributed by atoms with Crippen LogP contribution in [-0.4, -0.2) is 36.9 Å². The Morgan fingerprint density at radius 1 is 1.19 bits per heavy atom. The van der Waals surface area contributed by atoms with Crippen LogP contribution in [0.3, 0.4) is 0 Å². The van der Waals surface area contributed by atoms with E-state index in [0.29, 0.717) is 17.1 Å². The summed E-state index contributed by atoms with van der Waals surface area (Å²) in [5.41, 5.74) is 3.38. The summed E-state index contributed by atoms with van der Waals surface area (Å²) in [6.45, 7) is 3.60. The Bertz CT molecular complexity index is 1020. The van der Waals surface area contributed by atoms with Gasteiger partial charge in [0.2, 0.25) is 0 Å². The van der Waals surface area contributed by atoms with E-state index in [0.717, 1.165) is 11.3 Å². The molecule has 0 fully saturated rings. The number of phenolic OH excluding ortho intramolecular Hbond substituents is 1. The summed E-state index contributed by atoms with van der Waals surface area (Å²) in [4.78, 5) is 10.3. The number of hydrogen-bond donors (Lipinski definition) is 1. The van der Waals surface area contributed by atoms with Crippen molar-refractivity contribution in [1.29, 1.82) is 0 Å². The SMILES string of the molecule is C/C(=N\N=C\c1ccc(O)cc1)c1nnn(-c2ccc([N+](=O)[O-])cc2)c1C. The van der Waals surface area contributed by atoms with Crippen molar-refractivity contribution in [2.75, 3.05) is 0 Å². The van der Waals surface area contributed by atoms with Gasteiger partial charge in [0.25, 0.3) is 5.69 Å². The van der Waals surface area contributed by atoms with Crippen LogP contribution in [0, 0.1) is 17.0 Å². The molecule has 0 aliphatic rings. The average molecular weight is 364 g/mol. The molecule has 1 heterocycles. The molecule has 2 aromatic carbocycles. The van der Waals surface area contributed by atoms with Gasteiger partial charge in [0, 0.05) is 12.1 Å². The molecule has 0 radical (unpaired) electrons. The number of non-ortho nitro benzene ring substituents is 1. The van der Waals surface area contributed by atoms with E-state index in [4.69, 9.17) is 0 Å². The molecule has 0 amide bonds. The predicted molar refractivity (Wildman–Crippen MR) is 101 cm³/mol. The third-order valence-electron chi connectivity index (χ3n) is 3.85. The molecule has 27 heavy (non-hydrogen) atoms. The van der Waals surface area contributed by atoms with Gasteiger partial charge in [-0.25, -0.2) is 4.68 Å². The molecular formula is C18H16N6O3. The quantitative estimate of drug-likeness (QED) is 0.424. The summed E-state index contributed by atoms with van der Waals surface area (Å²) in [6.07, 6.45) is 1.57. The first-order valence-electron chi connectivity index (χ1n) is 8.00. The minimum Gasteiger partial charge on any atom is -0.508 e. The molecule has 1 N–H and O–H groups in total. The van der Waals surface area contributed by atoms with Crippen LogP contribution in [-0.2, 0) is 0 Å². The Labute approximate surface area is 154 Å². The molecule has 3 rings (SSSR count). The number of nitro groups is 1. The van der Waals surface area contributed by atoms with Gasteiger partial charge >= 0.3 is 0 Å². The van der Waals surface area contributed by atoms with Crippen LogP contribution in [0.25, 0.3) is 5.69 Å². The second kappa shape index (κ2) is 7.56. The number of hydrogen-bond acceptors (Lipinski definition) is 7. The summed E-state index contributed by atoms with van der Waals surface area (Å²) in [7, 11) is 0. The standard InChI is InChI=1S/C18H16N6O3/c1-12(20-19-11-14-3-9-17(25)10-4-14)18-13(2)23(22-21-18)15-5-7-16(8-6-15)24(26)27/h3-11,25H,1-2H3/b19-11+,20-12+. The van der Waals surface area contributed by atoms with E-state index in [9.17, 15) is 15.2 Å². The number of phenols is 1. The van der Waals surface area contributed by atoms with Gasteiger partial charge in [-0.05, 0) is 55.8 Å². The van der Waals surface area contributed by atoms with Crippen molar-refractivity contribution < 1.29 is 10.0 Å². The van der Waals surface area contributed by atoms with Crippen molar-refractivity contribution in [3.8, 4) is 11.4 Å². The highest BCUT2D eigenvalue weighted by molar-refractivity contribution is 5.98. The van der Waals surface area contributed by atoms with Crippen molar-refractivity contribution in [3.05, 3.63) is 75.6 Å². The number of nitro benzene ring substituents is 1. The lowest BCUT2D eigenvalue weighted by Crippen LogP contribution is -2.02. The van der Waals surface area contributed by atoms with E-state index < -0.39 is 4.92 Å². The number of aromatic nitrogens is 3. The van der Waals surface area contributed by atoms with Crippen molar-refractivity contribution in [1.82, 2.24) is 15.0 Å². The topological polar surface area (TPSA) is 119 Å². The van der Waals surface area contributed by atoms with Crippen molar-refractivity contribution in [2.45, 2.75) is 13.8 Å². The fourth-order valence-corrected chi connectivity index (χ4v) is 2.41. The van der Waals surface area contributed by atoms with Crippen molar-refractivity contribution in [2.24, 2.45) is 10.2 Å². The Hall–Kier alpha value is -3.88. The molecule has 0 saturated carbocycles. The number of aromatic hydroxyl groups is 1. The fourth-order valence-electron chi connectivity index (χ4n) is 2.41. The number of nitrogens with zero attached hydrogens (tertiary/aromatic N) is 6. The highest BCUT2D eigenvalue weighted by Crippen LogP contribution is 2.17. The highest BCUT2D eigenvalue weighted by Gasteiger charge is 2.13. The molecule has 0 aliphatic carbocycles. The first-order chi connectivity index (χ1) is 13.0. The molecule has 3 aromatic rings. The third-order valence-corrected chi connectivity index (χ3v) is 3.85. The van der Waals surface area contributed by atoms with Gasteiger partial charge in [-0.3, -0.25) is 10.1 Å². The summed E-state index contributed by atoms with van der Waals surface area (Å²) < 4.78 is 1.59. The second-order valence-corrected chi connectivity index (χ2v) is 5.73. The van der Waals surface area contributed by atoms with Crippen LogP contribution >= 0.6 is 0 Å². The highest BCUT2D eigenvalue weighted by atomic mass is 16.6. The van der Waals surface area contributed by atoms with E-state index >= 15 is 0 Å². The van der Waals surface area contributed by atoms with Crippen LogP contribution in [0.4, 0.5) is 5.69 Å². The van der Waals surface area contributed by atoms with Crippen LogP contribution in [0.5, 0.6) is 5.75 Å². The molecular weight excluding hydrogens is 348 g/mol. The zero-order chi connectivity index (χ0) is 19.4. The van der Waals surface area contributed by atoms with Crippen molar-refractivity contribution in [3.63, 3.8) is 0 Å². The van der Waals surface area contributed by atoms with Crippen LogP contribution in [0.1, 0.15) is 23.9 Å². The zero-order valence-electron chi connectivity index (χ0n) is 14.6. The van der Waals surface area contributed by atoms with Crippen LogP contribution in [0.15, 0.2) is 58.7 Å².